The Bertz CT molecular complexity index is 1170. The summed E-state index contributed by atoms with van der Waals surface area (Å²) in [6.07, 6.45) is 0. The molecule has 0 amide bonds. The lowest BCUT2D eigenvalue weighted by molar-refractivity contribution is 0.459. The minimum Gasteiger partial charge on any atom is -0.356 e. The van der Waals surface area contributed by atoms with Gasteiger partial charge in [-0.15, -0.1) is 0 Å². The zero-order valence-corrected chi connectivity index (χ0v) is 12.4. The van der Waals surface area contributed by atoms with Crippen molar-refractivity contribution in [2.45, 2.75) is 0 Å². The van der Waals surface area contributed by atoms with E-state index >= 15 is 0 Å². The molecular weight excluding hydrogens is 282 g/mol. The predicted octanol–water partition coefficient (Wildman–Crippen LogP) is 5.80. The average molecular weight is 295 g/mol. The summed E-state index contributed by atoms with van der Waals surface area (Å²) in [5.41, 5.74) is 2.80. The van der Waals surface area contributed by atoms with E-state index in [9.17, 15) is 0 Å². The van der Waals surface area contributed by atoms with Crippen LogP contribution < -0.4 is 0 Å². The molecule has 4 aromatic carbocycles. The molecule has 0 saturated carbocycles. The second-order valence-electron chi connectivity index (χ2n) is 5.75. The van der Waals surface area contributed by atoms with Crippen LogP contribution in [0.25, 0.3) is 43.8 Å². The molecule has 2 nitrogen and oxygen atoms in total. The van der Waals surface area contributed by atoms with Crippen molar-refractivity contribution in [1.82, 2.24) is 5.16 Å². The fourth-order valence-electron chi connectivity index (χ4n) is 3.24. The molecule has 0 spiro atoms. The zero-order chi connectivity index (χ0) is 15.2. The highest BCUT2D eigenvalue weighted by Crippen LogP contribution is 2.32. The van der Waals surface area contributed by atoms with Gasteiger partial charge in [0, 0.05) is 10.9 Å². The van der Waals surface area contributed by atoms with Crippen LogP contribution >= 0.6 is 0 Å². The van der Waals surface area contributed by atoms with Crippen LogP contribution in [-0.2, 0) is 0 Å². The quantitative estimate of drug-likeness (QED) is 0.365. The van der Waals surface area contributed by atoms with Crippen molar-refractivity contribution in [2.24, 2.45) is 0 Å². The third-order valence-corrected chi connectivity index (χ3v) is 4.40. The summed E-state index contributed by atoms with van der Waals surface area (Å²) in [7, 11) is 0. The van der Waals surface area contributed by atoms with E-state index in [1.165, 1.54) is 21.5 Å². The van der Waals surface area contributed by atoms with Crippen LogP contribution in [-0.4, -0.2) is 5.16 Å². The smallest absolute Gasteiger partial charge is 0.167 e. The molecule has 0 radical (unpaired) electrons. The van der Waals surface area contributed by atoms with Crippen molar-refractivity contribution >= 4 is 32.5 Å². The number of hydrogen-bond donors (Lipinski definition) is 0. The molecule has 0 aliphatic carbocycles. The van der Waals surface area contributed by atoms with Crippen LogP contribution in [0.15, 0.2) is 83.4 Å². The van der Waals surface area contributed by atoms with Crippen LogP contribution in [0.3, 0.4) is 0 Å². The summed E-state index contributed by atoms with van der Waals surface area (Å²) in [5.74, 6) is 0. The van der Waals surface area contributed by atoms with Crippen molar-refractivity contribution in [2.75, 3.05) is 0 Å². The largest absolute Gasteiger partial charge is 0.356 e. The molecule has 0 N–H and O–H groups in total. The average Bonchev–Trinajstić information content (AvgIpc) is 3.05. The van der Waals surface area contributed by atoms with Crippen LogP contribution in [0.5, 0.6) is 0 Å². The zero-order valence-electron chi connectivity index (χ0n) is 12.4. The number of aromatic nitrogens is 1. The number of hydrogen-bond acceptors (Lipinski definition) is 2. The standard InChI is InChI=1S/C21H13NO/c1-2-6-17-14(5-1)9-10-15-11-12-16(13-19(15)17)21-18-7-3-4-8-20(18)23-22-21/h1-13H. The Morgan fingerprint density at radius 1 is 0.609 bits per heavy atom. The predicted molar refractivity (Wildman–Crippen MR) is 94.5 cm³/mol. The number of para-hydroxylation sites is 1. The van der Waals surface area contributed by atoms with E-state index in [-0.39, 0.29) is 0 Å². The minimum absolute atomic E-state index is 0.820. The minimum atomic E-state index is 0.820. The third kappa shape index (κ3) is 1.85. The molecule has 23 heavy (non-hydrogen) atoms. The van der Waals surface area contributed by atoms with Gasteiger partial charge in [0.05, 0.1) is 0 Å². The maximum Gasteiger partial charge on any atom is 0.167 e. The van der Waals surface area contributed by atoms with Gasteiger partial charge in [-0.25, -0.2) is 0 Å². The molecule has 1 aromatic heterocycles. The Labute approximate surface area is 132 Å². The van der Waals surface area contributed by atoms with Gasteiger partial charge < -0.3 is 4.52 Å². The highest BCUT2D eigenvalue weighted by Gasteiger charge is 2.11. The molecule has 108 valence electrons. The monoisotopic (exact) mass is 295 g/mol. The van der Waals surface area contributed by atoms with Crippen molar-refractivity contribution in [3.8, 4) is 11.3 Å². The van der Waals surface area contributed by atoms with Gasteiger partial charge in [0.15, 0.2) is 5.58 Å². The summed E-state index contributed by atoms with van der Waals surface area (Å²) in [4.78, 5) is 0. The van der Waals surface area contributed by atoms with E-state index in [1.54, 1.807) is 0 Å². The van der Waals surface area contributed by atoms with Gasteiger partial charge >= 0.3 is 0 Å². The molecule has 0 fully saturated rings. The topological polar surface area (TPSA) is 26.0 Å². The molecule has 0 unspecified atom stereocenters. The van der Waals surface area contributed by atoms with Crippen molar-refractivity contribution in [3.05, 3.63) is 78.9 Å². The first-order chi connectivity index (χ1) is 11.4. The van der Waals surface area contributed by atoms with E-state index in [0.29, 0.717) is 0 Å². The van der Waals surface area contributed by atoms with Crippen molar-refractivity contribution < 1.29 is 4.52 Å². The van der Waals surface area contributed by atoms with E-state index < -0.39 is 0 Å². The lowest BCUT2D eigenvalue weighted by atomic mass is 9.98. The first kappa shape index (κ1) is 12.4. The maximum atomic E-state index is 5.45. The highest BCUT2D eigenvalue weighted by atomic mass is 16.5. The maximum absolute atomic E-state index is 5.45. The highest BCUT2D eigenvalue weighted by molar-refractivity contribution is 6.09. The Balaban J connectivity index is 1.84. The first-order valence-electron chi connectivity index (χ1n) is 7.66. The van der Waals surface area contributed by atoms with Gasteiger partial charge in [-0.2, -0.15) is 0 Å². The normalized spacial score (nSPS) is 11.5. The first-order valence-corrected chi connectivity index (χ1v) is 7.66. The molecule has 5 rings (SSSR count). The molecule has 2 heteroatoms. The van der Waals surface area contributed by atoms with Crippen LogP contribution in [0, 0.1) is 0 Å². The molecule has 1 heterocycles. The molecule has 0 atom stereocenters. The Hall–Kier alpha value is -3.13. The number of benzene rings is 4. The molecule has 5 aromatic rings. The molecule has 0 aliphatic heterocycles. The summed E-state index contributed by atoms with van der Waals surface area (Å²) in [6.45, 7) is 0. The lowest BCUT2D eigenvalue weighted by Gasteiger charge is -2.06. The van der Waals surface area contributed by atoms with E-state index in [1.807, 2.05) is 18.2 Å². The van der Waals surface area contributed by atoms with E-state index in [0.717, 1.165) is 22.2 Å². The molecule has 0 saturated heterocycles. The van der Waals surface area contributed by atoms with Gasteiger partial charge in [0.2, 0.25) is 0 Å². The van der Waals surface area contributed by atoms with Gasteiger partial charge in [-0.1, -0.05) is 65.8 Å². The molecule has 0 bridgehead atoms. The second-order valence-corrected chi connectivity index (χ2v) is 5.75. The van der Waals surface area contributed by atoms with Gasteiger partial charge in [0.25, 0.3) is 0 Å². The number of nitrogens with zero attached hydrogens (tertiary/aromatic N) is 1. The molecule has 0 aliphatic rings. The number of fused-ring (bicyclic) bond motifs is 4. The lowest BCUT2D eigenvalue weighted by Crippen LogP contribution is -1.82. The second kappa shape index (κ2) is 4.68. The van der Waals surface area contributed by atoms with Crippen molar-refractivity contribution in [3.63, 3.8) is 0 Å². The summed E-state index contributed by atoms with van der Waals surface area (Å²) < 4.78 is 5.45. The van der Waals surface area contributed by atoms with Gasteiger partial charge in [-0.3, -0.25) is 0 Å². The Kier molecular flexibility index (Phi) is 2.53. The Morgan fingerprint density at radius 2 is 1.30 bits per heavy atom. The summed E-state index contributed by atoms with van der Waals surface area (Å²) in [5, 5.41) is 10.3. The SMILES string of the molecule is c1ccc2c(c1)ccc1ccc(-c3noc4ccccc34)cc12. The summed E-state index contributed by atoms with van der Waals surface area (Å²) in [6, 6.07) is 27.3. The van der Waals surface area contributed by atoms with Crippen LogP contribution in [0.4, 0.5) is 0 Å². The van der Waals surface area contributed by atoms with E-state index in [4.69, 9.17) is 4.52 Å². The van der Waals surface area contributed by atoms with Crippen LogP contribution in [0.1, 0.15) is 0 Å². The van der Waals surface area contributed by atoms with Gasteiger partial charge in [0.1, 0.15) is 5.69 Å². The fourth-order valence-corrected chi connectivity index (χ4v) is 3.24. The fraction of sp³-hybridized carbons (Fsp3) is 0. The third-order valence-electron chi connectivity index (χ3n) is 4.40. The van der Waals surface area contributed by atoms with Crippen molar-refractivity contribution in [1.29, 1.82) is 0 Å². The molecular formula is C21H13NO. The summed E-state index contributed by atoms with van der Waals surface area (Å²) >= 11 is 0. The number of rotatable bonds is 1. The van der Waals surface area contributed by atoms with Gasteiger partial charge in [-0.05, 0) is 39.7 Å². The van der Waals surface area contributed by atoms with E-state index in [2.05, 4.69) is 65.8 Å². The van der Waals surface area contributed by atoms with Crippen LogP contribution in [0.2, 0.25) is 0 Å². The Morgan fingerprint density at radius 3 is 2.22 bits per heavy atom.